The molecule has 1 fully saturated rings. The summed E-state index contributed by atoms with van der Waals surface area (Å²) >= 11 is 24.1. The van der Waals surface area contributed by atoms with Crippen LogP contribution in [0.2, 0.25) is 20.1 Å². The summed E-state index contributed by atoms with van der Waals surface area (Å²) in [5.41, 5.74) is 0.931. The molecule has 2 amide bonds. The summed E-state index contributed by atoms with van der Waals surface area (Å²) in [6.45, 7) is 0.0937. The number of nitrogens with zero attached hydrogens (tertiary/aromatic N) is 2. The van der Waals surface area contributed by atoms with Gasteiger partial charge in [-0.1, -0.05) is 58.1 Å². The number of halogens is 4. The standard InChI is InChI=1S/C26H26Cl4N4O6S/c27-15-9-16(28)11-18(10-15)41(39,40)34-7-1-2-22(34)24(35)33-21(26(37)38)8-14-3-5-17(6-4-14)32-25(36)23-19(29)12-31-13-20(23)30/h3,9-13,17,21-22H,1-2,4-8H2,(H,32,36)(H,33,35)(H,37,38). The van der Waals surface area contributed by atoms with Crippen LogP contribution in [-0.2, 0) is 19.6 Å². The van der Waals surface area contributed by atoms with Gasteiger partial charge in [0.1, 0.15) is 12.1 Å². The Morgan fingerprint density at radius 3 is 2.29 bits per heavy atom. The van der Waals surface area contributed by atoms with Gasteiger partial charge in [-0.05, 0) is 56.7 Å². The van der Waals surface area contributed by atoms with E-state index in [0.29, 0.717) is 25.7 Å². The molecule has 1 aliphatic carbocycles. The van der Waals surface area contributed by atoms with E-state index < -0.39 is 39.9 Å². The van der Waals surface area contributed by atoms with E-state index in [1.165, 1.54) is 30.6 Å². The lowest BCUT2D eigenvalue weighted by atomic mass is 9.91. The molecule has 3 unspecified atom stereocenters. The Hall–Kier alpha value is -2.41. The quantitative estimate of drug-likeness (QED) is 0.329. The molecule has 1 saturated heterocycles. The van der Waals surface area contributed by atoms with Crippen LogP contribution in [0.1, 0.15) is 48.9 Å². The van der Waals surface area contributed by atoms with E-state index in [9.17, 15) is 27.9 Å². The first-order chi connectivity index (χ1) is 19.4. The van der Waals surface area contributed by atoms with Gasteiger partial charge in [-0.3, -0.25) is 14.6 Å². The summed E-state index contributed by atoms with van der Waals surface area (Å²) in [4.78, 5) is 41.5. The van der Waals surface area contributed by atoms with E-state index in [1.807, 2.05) is 6.08 Å². The molecule has 0 bridgehead atoms. The molecule has 220 valence electrons. The molecular formula is C26H26Cl4N4O6S. The third-order valence-corrected chi connectivity index (χ3v) is 9.85. The van der Waals surface area contributed by atoms with Gasteiger partial charge in [0.05, 0.1) is 20.5 Å². The van der Waals surface area contributed by atoms with E-state index in [4.69, 9.17) is 46.4 Å². The van der Waals surface area contributed by atoms with Gasteiger partial charge in [0.15, 0.2) is 0 Å². The Labute approximate surface area is 257 Å². The van der Waals surface area contributed by atoms with Crippen LogP contribution in [0.15, 0.2) is 47.1 Å². The van der Waals surface area contributed by atoms with E-state index in [1.54, 1.807) is 0 Å². The predicted octanol–water partition coefficient (Wildman–Crippen LogP) is 4.72. The van der Waals surface area contributed by atoms with Crippen LogP contribution in [-0.4, -0.2) is 65.3 Å². The van der Waals surface area contributed by atoms with Crippen LogP contribution in [0.4, 0.5) is 0 Å². The van der Waals surface area contributed by atoms with Crippen molar-refractivity contribution in [3.8, 4) is 0 Å². The fourth-order valence-corrected chi connectivity index (χ4v) is 7.84. The molecule has 0 saturated carbocycles. The second-order valence-electron chi connectivity index (χ2n) is 9.77. The average molecular weight is 664 g/mol. The fraction of sp³-hybridized carbons (Fsp3) is 0.385. The van der Waals surface area contributed by atoms with E-state index >= 15 is 0 Å². The van der Waals surface area contributed by atoms with Crippen LogP contribution in [0.5, 0.6) is 0 Å². The summed E-state index contributed by atoms with van der Waals surface area (Å²) in [6, 6.07) is 1.34. The number of carboxylic acids is 1. The molecule has 1 aromatic carbocycles. The zero-order valence-electron chi connectivity index (χ0n) is 21.4. The van der Waals surface area contributed by atoms with Gasteiger partial charge in [-0.2, -0.15) is 4.31 Å². The number of carbonyl (C=O) groups is 3. The maximum absolute atomic E-state index is 13.3. The van der Waals surface area contributed by atoms with Crippen molar-refractivity contribution in [2.75, 3.05) is 6.54 Å². The van der Waals surface area contributed by atoms with Crippen molar-refractivity contribution < 1.29 is 27.9 Å². The van der Waals surface area contributed by atoms with Crippen LogP contribution in [0.25, 0.3) is 0 Å². The summed E-state index contributed by atoms with van der Waals surface area (Å²) in [5.74, 6) is -2.37. The number of sulfonamides is 1. The number of aromatic nitrogens is 1. The highest BCUT2D eigenvalue weighted by atomic mass is 35.5. The van der Waals surface area contributed by atoms with Crippen molar-refractivity contribution >= 4 is 74.2 Å². The third-order valence-electron chi connectivity index (χ3n) is 6.95. The Bertz CT molecular complexity index is 1460. The summed E-state index contributed by atoms with van der Waals surface area (Å²) in [7, 11) is -4.11. The lowest BCUT2D eigenvalue weighted by molar-refractivity contribution is -0.142. The smallest absolute Gasteiger partial charge is 0.326 e. The molecular weight excluding hydrogens is 638 g/mol. The fourth-order valence-electron chi connectivity index (χ4n) is 4.92. The SMILES string of the molecule is O=C(NC1CC=C(CC(NC(=O)C2CCCN2S(=O)(=O)c2cc(Cl)cc(Cl)c2)C(=O)O)CC1)c1c(Cl)cncc1Cl. The summed E-state index contributed by atoms with van der Waals surface area (Å²) in [6.07, 6.45) is 6.66. The van der Waals surface area contributed by atoms with Crippen molar-refractivity contribution in [3.05, 3.63) is 67.9 Å². The number of nitrogens with one attached hydrogen (secondary N) is 2. The largest absolute Gasteiger partial charge is 0.480 e. The van der Waals surface area contributed by atoms with Crippen molar-refractivity contribution in [2.45, 2.75) is 61.5 Å². The molecule has 0 radical (unpaired) electrons. The van der Waals surface area contributed by atoms with Crippen molar-refractivity contribution in [3.63, 3.8) is 0 Å². The maximum Gasteiger partial charge on any atom is 0.326 e. The highest BCUT2D eigenvalue weighted by Crippen LogP contribution is 2.30. The Morgan fingerprint density at radius 2 is 1.71 bits per heavy atom. The van der Waals surface area contributed by atoms with Gasteiger partial charge >= 0.3 is 5.97 Å². The van der Waals surface area contributed by atoms with Crippen molar-refractivity contribution in [1.29, 1.82) is 0 Å². The molecule has 4 rings (SSSR count). The molecule has 3 N–H and O–H groups in total. The zero-order valence-corrected chi connectivity index (χ0v) is 25.3. The first-order valence-corrected chi connectivity index (χ1v) is 15.6. The highest BCUT2D eigenvalue weighted by molar-refractivity contribution is 7.89. The van der Waals surface area contributed by atoms with Gasteiger partial charge in [0.25, 0.3) is 5.91 Å². The Kier molecular flexibility index (Phi) is 10.2. The zero-order chi connectivity index (χ0) is 29.9. The molecule has 2 aromatic rings. The topological polar surface area (TPSA) is 146 Å². The molecule has 1 aliphatic heterocycles. The number of carbonyl (C=O) groups excluding carboxylic acids is 2. The number of carboxylic acid groups (broad SMARTS) is 1. The van der Waals surface area contributed by atoms with E-state index in [-0.39, 0.29) is 56.0 Å². The van der Waals surface area contributed by atoms with Crippen LogP contribution < -0.4 is 10.6 Å². The van der Waals surface area contributed by atoms with Crippen molar-refractivity contribution in [1.82, 2.24) is 19.9 Å². The van der Waals surface area contributed by atoms with Crippen LogP contribution in [0, 0.1) is 0 Å². The van der Waals surface area contributed by atoms with Crippen LogP contribution >= 0.6 is 46.4 Å². The lowest BCUT2D eigenvalue weighted by Crippen LogP contribution is -2.51. The minimum Gasteiger partial charge on any atom is -0.480 e. The first kappa shape index (κ1) is 31.5. The summed E-state index contributed by atoms with van der Waals surface area (Å²) in [5, 5.41) is 15.7. The number of pyridine rings is 1. The molecule has 2 aliphatic rings. The molecule has 0 spiro atoms. The molecule has 2 heterocycles. The predicted molar refractivity (Wildman–Crippen MR) is 155 cm³/mol. The first-order valence-electron chi connectivity index (χ1n) is 12.7. The van der Waals surface area contributed by atoms with Gasteiger partial charge in [0, 0.05) is 35.0 Å². The molecule has 15 heteroatoms. The lowest BCUT2D eigenvalue weighted by Gasteiger charge is -2.27. The highest BCUT2D eigenvalue weighted by Gasteiger charge is 2.41. The molecule has 1 aromatic heterocycles. The Morgan fingerprint density at radius 1 is 1.05 bits per heavy atom. The molecule has 41 heavy (non-hydrogen) atoms. The average Bonchev–Trinajstić information content (AvgIpc) is 3.40. The summed E-state index contributed by atoms with van der Waals surface area (Å²) < 4.78 is 27.6. The number of hydrogen-bond acceptors (Lipinski definition) is 6. The van der Waals surface area contributed by atoms with Gasteiger partial charge in [-0.15, -0.1) is 0 Å². The maximum atomic E-state index is 13.3. The Balaban J connectivity index is 1.39. The number of aliphatic carboxylic acids is 1. The second kappa shape index (κ2) is 13.3. The minimum atomic E-state index is -4.11. The van der Waals surface area contributed by atoms with Crippen molar-refractivity contribution in [2.24, 2.45) is 0 Å². The van der Waals surface area contributed by atoms with Gasteiger partial charge in [-0.25, -0.2) is 13.2 Å². The third kappa shape index (κ3) is 7.52. The minimum absolute atomic E-state index is 0.0348. The number of benzene rings is 1. The normalized spacial score (nSPS) is 20.2. The van der Waals surface area contributed by atoms with Gasteiger partial charge in [0.2, 0.25) is 15.9 Å². The van der Waals surface area contributed by atoms with Crippen LogP contribution in [0.3, 0.4) is 0 Å². The number of rotatable bonds is 9. The molecule has 3 atom stereocenters. The number of hydrogen-bond donors (Lipinski definition) is 3. The second-order valence-corrected chi connectivity index (χ2v) is 13.3. The van der Waals surface area contributed by atoms with E-state index in [2.05, 4.69) is 15.6 Å². The van der Waals surface area contributed by atoms with E-state index in [0.717, 1.165) is 9.88 Å². The number of amides is 2. The van der Waals surface area contributed by atoms with Gasteiger partial charge < -0.3 is 15.7 Å². The monoisotopic (exact) mass is 662 g/mol. The molecule has 10 nitrogen and oxygen atoms in total.